The summed E-state index contributed by atoms with van der Waals surface area (Å²) in [5, 5.41) is 1.04. The van der Waals surface area contributed by atoms with Crippen LogP contribution in [0.25, 0.3) is 0 Å². The Kier molecular flexibility index (Phi) is 6.65. The monoisotopic (exact) mass is 450 g/mol. The zero-order chi connectivity index (χ0) is 24.5. The summed E-state index contributed by atoms with van der Waals surface area (Å²) < 4.78 is 0. The van der Waals surface area contributed by atoms with Gasteiger partial charge in [0.05, 0.1) is 0 Å². The van der Waals surface area contributed by atoms with Crippen molar-refractivity contribution in [1.29, 1.82) is 0 Å². The van der Waals surface area contributed by atoms with Gasteiger partial charge < -0.3 is 4.90 Å². The lowest BCUT2D eigenvalue weighted by molar-refractivity contribution is -0.00399. The molecular formula is C22H35B8ClN2. The summed E-state index contributed by atoms with van der Waals surface area (Å²) >= 11 is 6.57. The normalized spacial score (nSPS) is 23.5. The summed E-state index contributed by atoms with van der Waals surface area (Å²) in [4.78, 5) is 5.43. The highest BCUT2D eigenvalue weighted by Gasteiger charge is 2.44. The molecule has 2 aliphatic rings. The highest BCUT2D eigenvalue weighted by molar-refractivity contribution is 6.67. The SMILES string of the molecule is Bc1c(B)c(B)c([C@@H]2C[C@@H](N3CCN(C(B)(B)B)C(C)(C)C3)c3cc(Cl)ccc32)c(B)c1B. The number of nitrogens with zero attached hydrogens (tertiary/aromatic N) is 2. The van der Waals surface area contributed by atoms with Crippen molar-refractivity contribution >= 4 is 102 Å². The Morgan fingerprint density at radius 3 is 2.00 bits per heavy atom. The molecule has 4 rings (SSSR count). The van der Waals surface area contributed by atoms with Gasteiger partial charge in [-0.1, -0.05) is 39.4 Å². The van der Waals surface area contributed by atoms with Crippen molar-refractivity contribution in [3.8, 4) is 0 Å². The van der Waals surface area contributed by atoms with Crippen LogP contribution in [0.2, 0.25) is 5.02 Å². The zero-order valence-electron chi connectivity index (χ0n) is 22.5. The van der Waals surface area contributed by atoms with Crippen LogP contribution in [0, 0.1) is 0 Å². The van der Waals surface area contributed by atoms with Crippen LogP contribution in [0.1, 0.15) is 48.9 Å². The molecule has 0 amide bonds. The second-order valence-electron chi connectivity index (χ2n) is 12.2. The van der Waals surface area contributed by atoms with Crippen molar-refractivity contribution in [3.63, 3.8) is 0 Å². The van der Waals surface area contributed by atoms with E-state index in [4.69, 9.17) is 11.6 Å². The standard InChI is InChI=1S/C22H35B8ClN2/c1-21(2)9-32(5-6-33(21)22(28,29)30)14-8-13(11-4-3-10(31)7-12(11)14)15-16(23)18(25)20(27)19(26)17(15)24/h3-4,7,13-14H,5-6,8-9,23-30H2,1-2H3/t13-,14-/m1/s1. The van der Waals surface area contributed by atoms with E-state index < -0.39 is 0 Å². The van der Waals surface area contributed by atoms with Crippen molar-refractivity contribution in [2.75, 3.05) is 19.6 Å². The Morgan fingerprint density at radius 2 is 1.45 bits per heavy atom. The largest absolute Gasteiger partial charge is 0.313 e. The average molecular weight is 449 g/mol. The molecule has 1 heterocycles. The van der Waals surface area contributed by atoms with Gasteiger partial charge in [0, 0.05) is 42.2 Å². The van der Waals surface area contributed by atoms with Crippen molar-refractivity contribution in [1.82, 2.24) is 9.80 Å². The molecule has 1 aliphatic carbocycles. The summed E-state index contributed by atoms with van der Waals surface area (Å²) in [7, 11) is 18.6. The summed E-state index contributed by atoms with van der Waals surface area (Å²) in [5.41, 5.74) is 11.9. The van der Waals surface area contributed by atoms with E-state index >= 15 is 0 Å². The quantitative estimate of drug-likeness (QED) is 0.430. The van der Waals surface area contributed by atoms with E-state index in [1.165, 1.54) is 38.4 Å². The van der Waals surface area contributed by atoms with Crippen molar-refractivity contribution < 1.29 is 0 Å². The Balaban J connectivity index is 1.76. The van der Waals surface area contributed by atoms with E-state index in [0.717, 1.165) is 31.1 Å². The van der Waals surface area contributed by atoms with Gasteiger partial charge in [-0.25, -0.2) is 0 Å². The van der Waals surface area contributed by atoms with Crippen LogP contribution in [0.15, 0.2) is 18.2 Å². The van der Waals surface area contributed by atoms with E-state index in [2.05, 4.69) is 105 Å². The summed E-state index contributed by atoms with van der Waals surface area (Å²) in [6.45, 7) is 8.12. The minimum Gasteiger partial charge on any atom is -0.313 e. The molecule has 0 radical (unpaired) electrons. The Bertz CT molecular complexity index is 1070. The maximum Gasteiger partial charge on any atom is 0.138 e. The van der Waals surface area contributed by atoms with E-state index in [1.807, 2.05) is 0 Å². The summed E-state index contributed by atoms with van der Waals surface area (Å²) in [6.07, 6.45) is 1.14. The van der Waals surface area contributed by atoms with Gasteiger partial charge in [-0.3, -0.25) is 4.90 Å². The Hall–Kier alpha value is -0.831. The van der Waals surface area contributed by atoms with Crippen LogP contribution < -0.4 is 27.3 Å². The van der Waals surface area contributed by atoms with Crippen LogP contribution in [0.5, 0.6) is 0 Å². The number of piperazine rings is 1. The van der Waals surface area contributed by atoms with Gasteiger partial charge in [0.1, 0.15) is 62.8 Å². The lowest BCUT2D eigenvalue weighted by Gasteiger charge is -2.55. The number of fused-ring (bicyclic) bond motifs is 1. The average Bonchev–Trinajstić information content (AvgIpc) is 3.07. The topological polar surface area (TPSA) is 6.48 Å². The highest BCUT2D eigenvalue weighted by Crippen LogP contribution is 2.47. The second-order valence-corrected chi connectivity index (χ2v) is 12.7. The molecule has 2 atom stereocenters. The lowest BCUT2D eigenvalue weighted by Crippen LogP contribution is -2.68. The molecule has 0 aromatic heterocycles. The molecule has 0 unspecified atom stereocenters. The fourth-order valence-corrected chi connectivity index (χ4v) is 7.18. The molecule has 11 heteroatoms. The number of hydrogen-bond acceptors (Lipinski definition) is 2. The predicted octanol–water partition coefficient (Wildman–Crippen LogP) is -6.88. The van der Waals surface area contributed by atoms with Crippen LogP contribution >= 0.6 is 11.6 Å². The first-order valence-corrected chi connectivity index (χ1v) is 13.0. The van der Waals surface area contributed by atoms with Crippen molar-refractivity contribution in [3.05, 3.63) is 39.9 Å². The van der Waals surface area contributed by atoms with E-state index in [1.54, 1.807) is 5.56 Å². The predicted molar refractivity (Wildman–Crippen MR) is 169 cm³/mol. The number of hydrogen-bond donors (Lipinski definition) is 0. The fourth-order valence-electron chi connectivity index (χ4n) is 7.00. The van der Waals surface area contributed by atoms with Crippen LogP contribution in [-0.2, 0) is 0 Å². The van der Waals surface area contributed by atoms with Gasteiger partial charge in [-0.05, 0) is 43.5 Å². The van der Waals surface area contributed by atoms with Gasteiger partial charge in [-0.2, -0.15) is 0 Å². The maximum absolute atomic E-state index is 6.57. The maximum atomic E-state index is 6.57. The van der Waals surface area contributed by atoms with Crippen LogP contribution in [0.3, 0.4) is 0 Å². The Morgan fingerprint density at radius 1 is 0.879 bits per heavy atom. The first kappa shape index (κ1) is 25.3. The third-order valence-electron chi connectivity index (χ3n) is 8.83. The van der Waals surface area contributed by atoms with Crippen LogP contribution in [0.4, 0.5) is 0 Å². The van der Waals surface area contributed by atoms with E-state index in [-0.39, 0.29) is 10.8 Å². The first-order valence-electron chi connectivity index (χ1n) is 12.6. The zero-order valence-corrected chi connectivity index (χ0v) is 23.2. The number of rotatable bonds is 3. The summed E-state index contributed by atoms with van der Waals surface area (Å²) in [6, 6.07) is 7.08. The summed E-state index contributed by atoms with van der Waals surface area (Å²) in [5.74, 6) is 0.434. The smallest absolute Gasteiger partial charge is 0.138 e. The number of halogens is 1. The lowest BCUT2D eigenvalue weighted by atomic mass is 9.47. The molecule has 2 aromatic carbocycles. The molecule has 1 fully saturated rings. The van der Waals surface area contributed by atoms with Crippen molar-refractivity contribution in [2.45, 2.75) is 43.0 Å². The van der Waals surface area contributed by atoms with Gasteiger partial charge in [0.25, 0.3) is 0 Å². The molecule has 0 bridgehead atoms. The van der Waals surface area contributed by atoms with Crippen LogP contribution in [-0.4, -0.2) is 103 Å². The molecule has 1 aliphatic heterocycles. The third kappa shape index (κ3) is 4.34. The van der Waals surface area contributed by atoms with Gasteiger partial charge in [0.15, 0.2) is 0 Å². The third-order valence-corrected chi connectivity index (χ3v) is 9.07. The van der Waals surface area contributed by atoms with Gasteiger partial charge in [-0.15, -0.1) is 16.4 Å². The van der Waals surface area contributed by atoms with Gasteiger partial charge >= 0.3 is 0 Å². The molecule has 164 valence electrons. The Labute approximate surface area is 213 Å². The highest BCUT2D eigenvalue weighted by atomic mass is 35.5. The second kappa shape index (κ2) is 8.68. The molecular weight excluding hydrogens is 414 g/mol. The molecule has 2 aromatic rings. The molecule has 0 saturated carbocycles. The molecule has 1 saturated heterocycles. The minimum atomic E-state index is 0.135. The first-order chi connectivity index (χ1) is 15.2. The molecule has 0 N–H and O–H groups in total. The molecule has 33 heavy (non-hydrogen) atoms. The van der Waals surface area contributed by atoms with Crippen molar-refractivity contribution in [2.24, 2.45) is 0 Å². The molecule has 0 spiro atoms. The number of benzene rings is 2. The minimum absolute atomic E-state index is 0.135. The van der Waals surface area contributed by atoms with Gasteiger partial charge in [0.2, 0.25) is 0 Å². The van der Waals surface area contributed by atoms with E-state index in [9.17, 15) is 0 Å². The molecule has 2 nitrogen and oxygen atoms in total. The van der Waals surface area contributed by atoms with E-state index in [0.29, 0.717) is 12.0 Å². The fraction of sp³-hybridized carbons (Fsp3) is 0.455.